The van der Waals surface area contributed by atoms with Crippen molar-refractivity contribution in [1.82, 2.24) is 0 Å². The smallest absolute Gasteiger partial charge is 0.228 e. The van der Waals surface area contributed by atoms with Crippen LogP contribution < -0.4 is 10.6 Å². The Morgan fingerprint density at radius 2 is 2.31 bits per heavy atom. The predicted molar refractivity (Wildman–Crippen MR) is 67.8 cm³/mol. The van der Waals surface area contributed by atoms with Crippen LogP contribution in [-0.4, -0.2) is 24.2 Å². The van der Waals surface area contributed by atoms with E-state index in [2.05, 4.69) is 13.0 Å². The minimum Gasteiger partial charge on any atom is -0.330 e. The van der Waals surface area contributed by atoms with Crippen molar-refractivity contribution in [3.05, 3.63) is 24.3 Å². The number of fused-ring (bicyclic) bond motifs is 1. The Morgan fingerprint density at radius 1 is 1.56 bits per heavy atom. The van der Waals surface area contributed by atoms with Gasteiger partial charge in [-0.15, -0.1) is 11.8 Å². The molecule has 2 rings (SSSR count). The van der Waals surface area contributed by atoms with E-state index in [0.29, 0.717) is 13.0 Å². The van der Waals surface area contributed by atoms with Gasteiger partial charge in [0.2, 0.25) is 5.91 Å². The summed E-state index contributed by atoms with van der Waals surface area (Å²) in [6.07, 6.45) is 0.420. The molecule has 1 aliphatic rings. The van der Waals surface area contributed by atoms with E-state index in [1.165, 1.54) is 4.90 Å². The van der Waals surface area contributed by atoms with Crippen LogP contribution >= 0.6 is 11.8 Å². The summed E-state index contributed by atoms with van der Waals surface area (Å²) in [5.41, 5.74) is 6.48. The molecule has 0 spiro atoms. The number of rotatable bonds is 2. The maximum Gasteiger partial charge on any atom is 0.228 e. The number of anilines is 1. The number of nitrogens with two attached hydrogens (primary N) is 1. The first kappa shape index (κ1) is 11.5. The van der Waals surface area contributed by atoms with E-state index >= 15 is 0 Å². The molecule has 1 amide bonds. The molecule has 2 N–H and O–H groups in total. The number of carbonyl (C=O) groups excluding carboxylic acids is 1. The average molecular weight is 236 g/mol. The van der Waals surface area contributed by atoms with Crippen molar-refractivity contribution in [2.24, 2.45) is 5.73 Å². The van der Waals surface area contributed by atoms with Crippen LogP contribution in [0.4, 0.5) is 5.69 Å². The molecule has 0 radical (unpaired) electrons. The van der Waals surface area contributed by atoms with Gasteiger partial charge >= 0.3 is 0 Å². The zero-order valence-corrected chi connectivity index (χ0v) is 10.2. The molecule has 0 fully saturated rings. The Kier molecular flexibility index (Phi) is 3.51. The predicted octanol–water partition coefficient (Wildman–Crippen LogP) is 1.86. The summed E-state index contributed by atoms with van der Waals surface area (Å²) in [7, 11) is 0. The van der Waals surface area contributed by atoms with Crippen LogP contribution in [0.15, 0.2) is 29.2 Å². The van der Waals surface area contributed by atoms with Gasteiger partial charge in [0.1, 0.15) is 0 Å². The number of hydrogen-bond acceptors (Lipinski definition) is 3. The summed E-state index contributed by atoms with van der Waals surface area (Å²) >= 11 is 1.81. The number of nitrogens with zero attached hydrogens (tertiary/aromatic N) is 1. The molecule has 1 aromatic rings. The van der Waals surface area contributed by atoms with Crippen molar-refractivity contribution in [3.63, 3.8) is 0 Å². The lowest BCUT2D eigenvalue weighted by Crippen LogP contribution is -2.43. The molecule has 0 aliphatic carbocycles. The summed E-state index contributed by atoms with van der Waals surface area (Å²) < 4.78 is 0. The fraction of sp³-hybridized carbons (Fsp3) is 0.417. The fourth-order valence-corrected chi connectivity index (χ4v) is 2.98. The minimum atomic E-state index is 0.128. The van der Waals surface area contributed by atoms with E-state index in [1.54, 1.807) is 0 Å². The first-order chi connectivity index (χ1) is 7.74. The van der Waals surface area contributed by atoms with Gasteiger partial charge in [0, 0.05) is 29.7 Å². The molecule has 86 valence electrons. The van der Waals surface area contributed by atoms with Crippen LogP contribution in [0, 0.1) is 0 Å². The third kappa shape index (κ3) is 2.08. The standard InChI is InChI=1S/C12H16N2OS/c1-9-8-16-11-5-3-2-4-10(11)14(9)12(15)6-7-13/h2-5,9H,6-8,13H2,1H3. The van der Waals surface area contributed by atoms with E-state index in [-0.39, 0.29) is 11.9 Å². The highest BCUT2D eigenvalue weighted by Gasteiger charge is 2.27. The molecule has 3 nitrogen and oxygen atoms in total. The molecule has 0 saturated carbocycles. The Morgan fingerprint density at radius 3 is 3.06 bits per heavy atom. The van der Waals surface area contributed by atoms with Crippen molar-refractivity contribution < 1.29 is 4.79 Å². The van der Waals surface area contributed by atoms with E-state index < -0.39 is 0 Å². The Hall–Kier alpha value is -1.00. The number of benzene rings is 1. The number of thioether (sulfide) groups is 1. The number of para-hydroxylation sites is 1. The van der Waals surface area contributed by atoms with Crippen LogP contribution in [-0.2, 0) is 4.79 Å². The highest BCUT2D eigenvalue weighted by molar-refractivity contribution is 7.99. The molecule has 0 saturated heterocycles. The molecule has 1 aromatic carbocycles. The lowest BCUT2D eigenvalue weighted by atomic mass is 10.2. The summed E-state index contributed by atoms with van der Waals surface area (Å²) in [5.74, 6) is 1.08. The van der Waals surface area contributed by atoms with Gasteiger partial charge in [-0.2, -0.15) is 0 Å². The van der Waals surface area contributed by atoms with Gasteiger partial charge in [0.25, 0.3) is 0 Å². The normalized spacial score (nSPS) is 19.4. The molecule has 4 heteroatoms. The van der Waals surface area contributed by atoms with Crippen molar-refractivity contribution in [3.8, 4) is 0 Å². The Bertz CT molecular complexity index is 394. The van der Waals surface area contributed by atoms with E-state index in [1.807, 2.05) is 34.9 Å². The Labute approximate surface area is 100.0 Å². The highest BCUT2D eigenvalue weighted by atomic mass is 32.2. The van der Waals surface area contributed by atoms with Crippen molar-refractivity contribution in [1.29, 1.82) is 0 Å². The topological polar surface area (TPSA) is 46.3 Å². The van der Waals surface area contributed by atoms with Gasteiger partial charge in [-0.1, -0.05) is 12.1 Å². The molecule has 1 heterocycles. The molecule has 0 bridgehead atoms. The third-order valence-corrected chi connectivity index (χ3v) is 3.98. The van der Waals surface area contributed by atoms with Crippen molar-refractivity contribution in [2.45, 2.75) is 24.3 Å². The molecule has 1 atom stereocenters. The number of amides is 1. The molecule has 1 aliphatic heterocycles. The Balaban J connectivity index is 2.33. The molecular weight excluding hydrogens is 220 g/mol. The van der Waals surface area contributed by atoms with Crippen molar-refractivity contribution in [2.75, 3.05) is 17.2 Å². The van der Waals surface area contributed by atoms with Gasteiger partial charge in [-0.3, -0.25) is 4.79 Å². The lowest BCUT2D eigenvalue weighted by Gasteiger charge is -2.34. The minimum absolute atomic E-state index is 0.128. The summed E-state index contributed by atoms with van der Waals surface area (Å²) in [5, 5.41) is 0. The summed E-state index contributed by atoms with van der Waals surface area (Å²) in [6, 6.07) is 8.30. The van der Waals surface area contributed by atoms with Crippen LogP contribution in [0.5, 0.6) is 0 Å². The van der Waals surface area contributed by atoms with Gasteiger partial charge in [-0.05, 0) is 19.1 Å². The van der Waals surface area contributed by atoms with Crippen LogP contribution in [0.1, 0.15) is 13.3 Å². The van der Waals surface area contributed by atoms with E-state index in [4.69, 9.17) is 5.73 Å². The first-order valence-electron chi connectivity index (χ1n) is 5.48. The number of carbonyl (C=O) groups is 1. The monoisotopic (exact) mass is 236 g/mol. The molecule has 0 aromatic heterocycles. The van der Waals surface area contributed by atoms with Crippen LogP contribution in [0.3, 0.4) is 0 Å². The van der Waals surface area contributed by atoms with E-state index in [0.717, 1.165) is 11.4 Å². The van der Waals surface area contributed by atoms with E-state index in [9.17, 15) is 4.79 Å². The summed E-state index contributed by atoms with van der Waals surface area (Å²) in [4.78, 5) is 15.1. The highest BCUT2D eigenvalue weighted by Crippen LogP contribution is 2.37. The second-order valence-corrected chi connectivity index (χ2v) is 4.99. The van der Waals surface area contributed by atoms with Crippen LogP contribution in [0.2, 0.25) is 0 Å². The zero-order valence-electron chi connectivity index (χ0n) is 9.35. The van der Waals surface area contributed by atoms with Gasteiger partial charge in [-0.25, -0.2) is 0 Å². The number of hydrogen-bond donors (Lipinski definition) is 1. The second-order valence-electron chi connectivity index (χ2n) is 3.93. The SMILES string of the molecule is CC1CSc2ccccc2N1C(=O)CCN. The quantitative estimate of drug-likeness (QED) is 0.852. The molecule has 16 heavy (non-hydrogen) atoms. The molecular formula is C12H16N2OS. The summed E-state index contributed by atoms with van der Waals surface area (Å²) in [6.45, 7) is 2.49. The largest absolute Gasteiger partial charge is 0.330 e. The molecule has 1 unspecified atom stereocenters. The first-order valence-corrected chi connectivity index (χ1v) is 6.46. The fourth-order valence-electron chi connectivity index (χ4n) is 1.92. The van der Waals surface area contributed by atoms with Crippen LogP contribution in [0.25, 0.3) is 0 Å². The van der Waals surface area contributed by atoms with Gasteiger partial charge in [0.15, 0.2) is 0 Å². The average Bonchev–Trinajstić information content (AvgIpc) is 2.29. The van der Waals surface area contributed by atoms with Crippen molar-refractivity contribution >= 4 is 23.4 Å². The maximum absolute atomic E-state index is 12.0. The lowest BCUT2D eigenvalue weighted by molar-refractivity contribution is -0.118. The zero-order chi connectivity index (χ0) is 11.5. The third-order valence-electron chi connectivity index (χ3n) is 2.67. The van der Waals surface area contributed by atoms with Gasteiger partial charge < -0.3 is 10.6 Å². The second kappa shape index (κ2) is 4.89. The maximum atomic E-state index is 12.0. The van der Waals surface area contributed by atoms with Gasteiger partial charge in [0.05, 0.1) is 5.69 Å².